The lowest BCUT2D eigenvalue weighted by Crippen LogP contribution is -2.13. The fourth-order valence-electron chi connectivity index (χ4n) is 1.65. The predicted octanol–water partition coefficient (Wildman–Crippen LogP) is 1.17. The molecule has 0 atom stereocenters. The molecule has 0 unspecified atom stereocenters. The average molecular weight is 195 g/mol. The van der Waals surface area contributed by atoms with E-state index >= 15 is 0 Å². The van der Waals surface area contributed by atoms with Crippen LogP contribution in [0.2, 0.25) is 0 Å². The summed E-state index contributed by atoms with van der Waals surface area (Å²) >= 11 is 0. The van der Waals surface area contributed by atoms with E-state index < -0.39 is 0 Å². The smallest absolute Gasteiger partial charge is 0.217 e. The molecule has 78 valence electrons. The lowest BCUT2D eigenvalue weighted by Gasteiger charge is -2.23. The third-order valence-corrected chi connectivity index (χ3v) is 2.79. The summed E-state index contributed by atoms with van der Waals surface area (Å²) in [6, 6.07) is 0. The SMILES string of the molecule is CNCCc1nnc(CC2CCC2)o1. The van der Waals surface area contributed by atoms with Gasteiger partial charge in [0.15, 0.2) is 0 Å². The number of nitrogens with one attached hydrogen (secondary N) is 1. The van der Waals surface area contributed by atoms with Gasteiger partial charge in [0.2, 0.25) is 11.8 Å². The van der Waals surface area contributed by atoms with E-state index in [1.54, 1.807) is 0 Å². The second kappa shape index (κ2) is 4.55. The van der Waals surface area contributed by atoms with Gasteiger partial charge in [-0.1, -0.05) is 6.42 Å². The summed E-state index contributed by atoms with van der Waals surface area (Å²) in [7, 11) is 1.92. The molecule has 14 heavy (non-hydrogen) atoms. The van der Waals surface area contributed by atoms with E-state index in [0.717, 1.165) is 37.1 Å². The van der Waals surface area contributed by atoms with Crippen LogP contribution in [0.1, 0.15) is 31.0 Å². The van der Waals surface area contributed by atoms with Gasteiger partial charge in [-0.2, -0.15) is 0 Å². The van der Waals surface area contributed by atoms with Crippen LogP contribution in [0.15, 0.2) is 4.42 Å². The van der Waals surface area contributed by atoms with Crippen LogP contribution in [0, 0.1) is 5.92 Å². The number of hydrogen-bond donors (Lipinski definition) is 1. The Morgan fingerprint density at radius 1 is 1.36 bits per heavy atom. The molecular weight excluding hydrogens is 178 g/mol. The molecule has 1 heterocycles. The Morgan fingerprint density at radius 2 is 2.14 bits per heavy atom. The highest BCUT2D eigenvalue weighted by Gasteiger charge is 2.20. The van der Waals surface area contributed by atoms with Crippen LogP contribution in [0.3, 0.4) is 0 Å². The first-order valence-electron chi connectivity index (χ1n) is 5.34. The van der Waals surface area contributed by atoms with E-state index in [0.29, 0.717) is 0 Å². The van der Waals surface area contributed by atoms with E-state index in [9.17, 15) is 0 Å². The van der Waals surface area contributed by atoms with Crippen molar-refractivity contribution in [2.45, 2.75) is 32.1 Å². The maximum absolute atomic E-state index is 5.53. The summed E-state index contributed by atoms with van der Waals surface area (Å²) in [4.78, 5) is 0. The van der Waals surface area contributed by atoms with Crippen molar-refractivity contribution in [3.8, 4) is 0 Å². The second-order valence-corrected chi connectivity index (χ2v) is 3.94. The highest BCUT2D eigenvalue weighted by Crippen LogP contribution is 2.29. The second-order valence-electron chi connectivity index (χ2n) is 3.94. The van der Waals surface area contributed by atoms with Crippen molar-refractivity contribution in [1.29, 1.82) is 0 Å². The lowest BCUT2D eigenvalue weighted by molar-refractivity contribution is 0.287. The molecule has 1 N–H and O–H groups in total. The van der Waals surface area contributed by atoms with Crippen LogP contribution < -0.4 is 5.32 Å². The lowest BCUT2D eigenvalue weighted by atomic mass is 9.83. The molecule has 0 saturated heterocycles. The Balaban J connectivity index is 1.82. The van der Waals surface area contributed by atoms with Crippen molar-refractivity contribution in [2.24, 2.45) is 5.92 Å². The highest BCUT2D eigenvalue weighted by molar-refractivity contribution is 4.87. The zero-order valence-electron chi connectivity index (χ0n) is 8.62. The maximum atomic E-state index is 5.53. The van der Waals surface area contributed by atoms with Crippen molar-refractivity contribution in [3.63, 3.8) is 0 Å². The molecule has 1 aromatic rings. The minimum atomic E-state index is 0.758. The van der Waals surface area contributed by atoms with Crippen LogP contribution in [-0.2, 0) is 12.8 Å². The molecule has 1 saturated carbocycles. The molecule has 0 amide bonds. The van der Waals surface area contributed by atoms with E-state index in [2.05, 4.69) is 15.5 Å². The Labute approximate surface area is 84.1 Å². The van der Waals surface area contributed by atoms with Crippen molar-refractivity contribution in [2.75, 3.05) is 13.6 Å². The standard InChI is InChI=1S/C10H17N3O/c1-11-6-5-9-12-13-10(14-9)7-8-3-2-4-8/h8,11H,2-7H2,1H3. The Bertz CT molecular complexity index is 281. The molecule has 0 aliphatic heterocycles. The van der Waals surface area contributed by atoms with E-state index in [1.165, 1.54) is 19.3 Å². The fraction of sp³-hybridized carbons (Fsp3) is 0.800. The number of likely N-dealkylation sites (N-methyl/N-ethyl adjacent to an activating group) is 1. The Kier molecular flexibility index (Phi) is 3.14. The third-order valence-electron chi connectivity index (χ3n) is 2.79. The third kappa shape index (κ3) is 2.32. The van der Waals surface area contributed by atoms with Gasteiger partial charge in [-0.3, -0.25) is 0 Å². The summed E-state index contributed by atoms with van der Waals surface area (Å²) in [6.45, 7) is 0.894. The largest absolute Gasteiger partial charge is 0.425 e. The number of aromatic nitrogens is 2. The van der Waals surface area contributed by atoms with Gasteiger partial charge < -0.3 is 9.73 Å². The number of hydrogen-bond acceptors (Lipinski definition) is 4. The minimum absolute atomic E-state index is 0.758. The molecule has 0 radical (unpaired) electrons. The first-order chi connectivity index (χ1) is 6.88. The molecule has 1 aliphatic carbocycles. The van der Waals surface area contributed by atoms with Crippen LogP contribution in [0.25, 0.3) is 0 Å². The summed E-state index contributed by atoms with van der Waals surface area (Å²) in [5.74, 6) is 2.38. The van der Waals surface area contributed by atoms with Gasteiger partial charge in [-0.25, -0.2) is 0 Å². The van der Waals surface area contributed by atoms with Gasteiger partial charge >= 0.3 is 0 Å². The monoisotopic (exact) mass is 195 g/mol. The van der Waals surface area contributed by atoms with Crippen LogP contribution in [0.5, 0.6) is 0 Å². The molecule has 1 aliphatic rings. The molecule has 1 aromatic heterocycles. The molecule has 1 fully saturated rings. The van der Waals surface area contributed by atoms with Gasteiger partial charge in [0.1, 0.15) is 0 Å². The maximum Gasteiger partial charge on any atom is 0.217 e. The highest BCUT2D eigenvalue weighted by atomic mass is 16.4. The first-order valence-corrected chi connectivity index (χ1v) is 5.34. The summed E-state index contributed by atoms with van der Waals surface area (Å²) in [5.41, 5.74) is 0. The molecule has 0 spiro atoms. The van der Waals surface area contributed by atoms with Crippen LogP contribution in [0.4, 0.5) is 0 Å². The molecule has 0 bridgehead atoms. The van der Waals surface area contributed by atoms with Gasteiger partial charge in [-0.15, -0.1) is 10.2 Å². The van der Waals surface area contributed by atoms with Gasteiger partial charge in [0.05, 0.1) is 0 Å². The molecule has 4 nitrogen and oxygen atoms in total. The summed E-state index contributed by atoms with van der Waals surface area (Å²) in [5, 5.41) is 11.1. The topological polar surface area (TPSA) is 51.0 Å². The zero-order chi connectivity index (χ0) is 9.80. The van der Waals surface area contributed by atoms with Gasteiger partial charge in [0.25, 0.3) is 0 Å². The fourth-order valence-corrected chi connectivity index (χ4v) is 1.65. The minimum Gasteiger partial charge on any atom is -0.425 e. The molecule has 4 heteroatoms. The van der Waals surface area contributed by atoms with Gasteiger partial charge in [-0.05, 0) is 25.8 Å². The van der Waals surface area contributed by atoms with Crippen molar-refractivity contribution in [3.05, 3.63) is 11.8 Å². The normalized spacial score (nSPS) is 16.9. The zero-order valence-corrected chi connectivity index (χ0v) is 8.62. The van der Waals surface area contributed by atoms with E-state index in [1.807, 2.05) is 7.05 Å². The Morgan fingerprint density at radius 3 is 2.79 bits per heavy atom. The van der Waals surface area contributed by atoms with E-state index in [-0.39, 0.29) is 0 Å². The van der Waals surface area contributed by atoms with Crippen LogP contribution in [-0.4, -0.2) is 23.8 Å². The van der Waals surface area contributed by atoms with E-state index in [4.69, 9.17) is 4.42 Å². The first kappa shape index (κ1) is 9.65. The summed E-state index contributed by atoms with van der Waals surface area (Å²) in [6.07, 6.45) is 5.83. The number of rotatable bonds is 5. The number of nitrogens with zero attached hydrogens (tertiary/aromatic N) is 2. The van der Waals surface area contributed by atoms with Crippen molar-refractivity contribution < 1.29 is 4.42 Å². The quantitative estimate of drug-likeness (QED) is 0.766. The van der Waals surface area contributed by atoms with Gasteiger partial charge in [0, 0.05) is 19.4 Å². The van der Waals surface area contributed by atoms with Crippen molar-refractivity contribution in [1.82, 2.24) is 15.5 Å². The molecular formula is C10H17N3O. The predicted molar refractivity (Wildman–Crippen MR) is 53.0 cm³/mol. The Hall–Kier alpha value is -0.900. The van der Waals surface area contributed by atoms with Crippen molar-refractivity contribution >= 4 is 0 Å². The van der Waals surface area contributed by atoms with Crippen LogP contribution >= 0.6 is 0 Å². The molecule has 0 aromatic carbocycles. The average Bonchev–Trinajstić information content (AvgIpc) is 2.56. The molecule has 2 rings (SSSR count). The summed E-state index contributed by atoms with van der Waals surface area (Å²) < 4.78 is 5.53.